The third-order valence-electron chi connectivity index (χ3n) is 4.46. The number of hydrogen-bond donors (Lipinski definition) is 1. The maximum absolute atomic E-state index is 3.74. The summed E-state index contributed by atoms with van der Waals surface area (Å²) in [6, 6.07) is 20.1. The fourth-order valence-corrected chi connectivity index (χ4v) is 3.39. The third-order valence-corrected chi connectivity index (χ3v) is 4.46. The summed E-state index contributed by atoms with van der Waals surface area (Å²) in [6.45, 7) is 7.74. The molecule has 1 saturated heterocycles. The molecule has 2 nitrogen and oxygen atoms in total. The highest BCUT2D eigenvalue weighted by molar-refractivity contribution is 5.49. The molecule has 1 heterocycles. The van der Waals surface area contributed by atoms with Gasteiger partial charge < -0.3 is 10.2 Å². The van der Waals surface area contributed by atoms with E-state index in [1.54, 1.807) is 0 Å². The van der Waals surface area contributed by atoms with Gasteiger partial charge in [-0.05, 0) is 42.5 Å². The smallest absolute Gasteiger partial charge is 0.0369 e. The molecule has 0 amide bonds. The van der Waals surface area contributed by atoms with Gasteiger partial charge >= 0.3 is 0 Å². The second kappa shape index (κ2) is 6.97. The van der Waals surface area contributed by atoms with Crippen LogP contribution in [0.4, 0.5) is 5.69 Å². The van der Waals surface area contributed by atoms with E-state index in [9.17, 15) is 0 Å². The van der Waals surface area contributed by atoms with Crippen LogP contribution in [0.2, 0.25) is 0 Å². The lowest BCUT2D eigenvalue weighted by molar-refractivity contribution is 0.350. The van der Waals surface area contributed by atoms with Crippen LogP contribution in [-0.2, 0) is 6.54 Å². The summed E-state index contributed by atoms with van der Waals surface area (Å²) < 4.78 is 0. The van der Waals surface area contributed by atoms with Crippen molar-refractivity contribution in [3.05, 3.63) is 65.7 Å². The van der Waals surface area contributed by atoms with E-state index in [1.165, 1.54) is 23.2 Å². The van der Waals surface area contributed by atoms with Gasteiger partial charge in [0.2, 0.25) is 0 Å². The number of hydrogen-bond acceptors (Lipinski definition) is 2. The lowest BCUT2D eigenvalue weighted by atomic mass is 9.95. The Kier molecular flexibility index (Phi) is 4.79. The van der Waals surface area contributed by atoms with Crippen LogP contribution in [0.25, 0.3) is 0 Å². The van der Waals surface area contributed by atoms with Gasteiger partial charge in [0, 0.05) is 31.4 Å². The summed E-state index contributed by atoms with van der Waals surface area (Å²) in [6.07, 6.45) is 1.26. The van der Waals surface area contributed by atoms with E-state index in [1.807, 2.05) is 0 Å². The van der Waals surface area contributed by atoms with Crippen molar-refractivity contribution in [2.45, 2.75) is 32.9 Å². The van der Waals surface area contributed by atoms with Gasteiger partial charge in [-0.2, -0.15) is 0 Å². The highest BCUT2D eigenvalue weighted by Gasteiger charge is 2.24. The van der Waals surface area contributed by atoms with Gasteiger partial charge in [0.05, 0.1) is 0 Å². The van der Waals surface area contributed by atoms with E-state index in [-0.39, 0.29) is 0 Å². The van der Waals surface area contributed by atoms with Crippen LogP contribution in [0, 0.1) is 12.8 Å². The molecule has 2 atom stereocenters. The predicted octanol–water partition coefficient (Wildman–Crippen LogP) is 4.00. The minimum atomic E-state index is 0.560. The van der Waals surface area contributed by atoms with Crippen LogP contribution in [0.15, 0.2) is 54.6 Å². The molecule has 1 fully saturated rings. The SMILES string of the molecule is Cc1cccc(N2CC(C)CC(NCc3ccccc3)C2)c1. The molecule has 2 unspecified atom stereocenters. The number of benzene rings is 2. The molecule has 0 saturated carbocycles. The fourth-order valence-electron chi connectivity index (χ4n) is 3.39. The first-order valence-electron chi connectivity index (χ1n) is 8.29. The van der Waals surface area contributed by atoms with Gasteiger partial charge in [0.1, 0.15) is 0 Å². The Labute approximate surface area is 134 Å². The Morgan fingerprint density at radius 1 is 1.05 bits per heavy atom. The topological polar surface area (TPSA) is 15.3 Å². The van der Waals surface area contributed by atoms with Gasteiger partial charge in [0.15, 0.2) is 0 Å². The number of anilines is 1. The van der Waals surface area contributed by atoms with Crippen LogP contribution in [0.1, 0.15) is 24.5 Å². The van der Waals surface area contributed by atoms with Gasteiger partial charge in [-0.15, -0.1) is 0 Å². The van der Waals surface area contributed by atoms with Crippen molar-refractivity contribution in [3.8, 4) is 0 Å². The van der Waals surface area contributed by atoms with Gasteiger partial charge in [0.25, 0.3) is 0 Å². The predicted molar refractivity (Wildman–Crippen MR) is 94.2 cm³/mol. The van der Waals surface area contributed by atoms with Crippen molar-refractivity contribution < 1.29 is 0 Å². The maximum atomic E-state index is 3.74. The van der Waals surface area contributed by atoms with Crippen LogP contribution >= 0.6 is 0 Å². The third kappa shape index (κ3) is 3.89. The van der Waals surface area contributed by atoms with Crippen LogP contribution in [0.3, 0.4) is 0 Å². The van der Waals surface area contributed by atoms with Gasteiger partial charge in [-0.25, -0.2) is 0 Å². The zero-order valence-electron chi connectivity index (χ0n) is 13.6. The van der Waals surface area contributed by atoms with E-state index in [2.05, 4.69) is 78.7 Å². The van der Waals surface area contributed by atoms with E-state index in [0.29, 0.717) is 6.04 Å². The maximum Gasteiger partial charge on any atom is 0.0369 e. The average molecular weight is 294 g/mol. The molecule has 0 radical (unpaired) electrons. The first kappa shape index (κ1) is 15.1. The molecule has 2 aromatic rings. The van der Waals surface area contributed by atoms with E-state index in [4.69, 9.17) is 0 Å². The lowest BCUT2D eigenvalue weighted by Gasteiger charge is -2.38. The van der Waals surface area contributed by atoms with Gasteiger partial charge in [-0.1, -0.05) is 49.4 Å². The Morgan fingerprint density at radius 3 is 2.64 bits per heavy atom. The molecule has 116 valence electrons. The zero-order valence-corrected chi connectivity index (χ0v) is 13.6. The minimum absolute atomic E-state index is 0.560. The summed E-state index contributed by atoms with van der Waals surface area (Å²) in [4.78, 5) is 2.53. The molecular formula is C20H26N2. The highest BCUT2D eigenvalue weighted by atomic mass is 15.2. The second-order valence-electron chi connectivity index (χ2n) is 6.65. The molecule has 0 bridgehead atoms. The van der Waals surface area contributed by atoms with Crippen molar-refractivity contribution in [1.29, 1.82) is 0 Å². The molecule has 1 N–H and O–H groups in total. The Morgan fingerprint density at radius 2 is 1.86 bits per heavy atom. The first-order valence-corrected chi connectivity index (χ1v) is 8.29. The van der Waals surface area contributed by atoms with Crippen molar-refractivity contribution in [3.63, 3.8) is 0 Å². The molecule has 2 aromatic carbocycles. The van der Waals surface area contributed by atoms with Crippen molar-refractivity contribution >= 4 is 5.69 Å². The quantitative estimate of drug-likeness (QED) is 0.917. The van der Waals surface area contributed by atoms with Crippen molar-refractivity contribution in [2.75, 3.05) is 18.0 Å². The monoisotopic (exact) mass is 294 g/mol. The number of aryl methyl sites for hydroxylation is 1. The standard InChI is InChI=1S/C20H26N2/c1-16-7-6-10-20(12-16)22-14-17(2)11-19(15-22)21-13-18-8-4-3-5-9-18/h3-10,12,17,19,21H,11,13-15H2,1-2H3. The summed E-state index contributed by atoms with van der Waals surface area (Å²) in [5.74, 6) is 0.725. The Balaban J connectivity index is 1.63. The van der Waals surface area contributed by atoms with E-state index in [0.717, 1.165) is 25.6 Å². The molecule has 3 rings (SSSR count). The van der Waals surface area contributed by atoms with Crippen molar-refractivity contribution in [1.82, 2.24) is 5.32 Å². The largest absolute Gasteiger partial charge is 0.370 e. The molecule has 2 heteroatoms. The second-order valence-corrected chi connectivity index (χ2v) is 6.65. The fraction of sp³-hybridized carbons (Fsp3) is 0.400. The Hall–Kier alpha value is -1.80. The van der Waals surface area contributed by atoms with Crippen LogP contribution in [0.5, 0.6) is 0 Å². The molecule has 1 aliphatic rings. The van der Waals surface area contributed by atoms with Crippen molar-refractivity contribution in [2.24, 2.45) is 5.92 Å². The number of nitrogens with one attached hydrogen (secondary N) is 1. The summed E-state index contributed by atoms with van der Waals surface area (Å²) in [5, 5.41) is 3.74. The number of piperidine rings is 1. The molecule has 1 aliphatic heterocycles. The normalized spacial score (nSPS) is 21.8. The molecule has 0 spiro atoms. The molecule has 22 heavy (non-hydrogen) atoms. The first-order chi connectivity index (χ1) is 10.7. The van der Waals surface area contributed by atoms with Gasteiger partial charge in [-0.3, -0.25) is 0 Å². The van der Waals surface area contributed by atoms with Crippen LogP contribution in [-0.4, -0.2) is 19.1 Å². The number of nitrogens with zero attached hydrogens (tertiary/aromatic N) is 1. The lowest BCUT2D eigenvalue weighted by Crippen LogP contribution is -2.48. The summed E-state index contributed by atoms with van der Waals surface area (Å²) in [7, 11) is 0. The summed E-state index contributed by atoms with van der Waals surface area (Å²) >= 11 is 0. The Bertz CT molecular complexity index is 594. The summed E-state index contributed by atoms with van der Waals surface area (Å²) in [5.41, 5.74) is 4.06. The molecule has 0 aromatic heterocycles. The average Bonchev–Trinajstić information content (AvgIpc) is 2.53. The molecular weight excluding hydrogens is 268 g/mol. The molecule has 0 aliphatic carbocycles. The minimum Gasteiger partial charge on any atom is -0.370 e. The zero-order chi connectivity index (χ0) is 15.4. The number of rotatable bonds is 4. The van der Waals surface area contributed by atoms with E-state index < -0.39 is 0 Å². The van der Waals surface area contributed by atoms with E-state index >= 15 is 0 Å². The van der Waals surface area contributed by atoms with Crippen LogP contribution < -0.4 is 10.2 Å². The highest BCUT2D eigenvalue weighted by Crippen LogP contribution is 2.24.